The van der Waals surface area contributed by atoms with Gasteiger partial charge in [-0.3, -0.25) is 9.36 Å². The maximum absolute atomic E-state index is 12.6. The molecule has 1 heterocycles. The van der Waals surface area contributed by atoms with E-state index in [9.17, 15) is 9.59 Å². The van der Waals surface area contributed by atoms with Crippen LogP contribution in [-0.2, 0) is 14.3 Å². The highest BCUT2D eigenvalue weighted by Gasteiger charge is 2.29. The van der Waals surface area contributed by atoms with Gasteiger partial charge in [0.25, 0.3) is 5.56 Å². The van der Waals surface area contributed by atoms with E-state index in [0.29, 0.717) is 16.6 Å². The Hall–Kier alpha value is -1.34. The van der Waals surface area contributed by atoms with Gasteiger partial charge in [0.05, 0.1) is 23.9 Å². The summed E-state index contributed by atoms with van der Waals surface area (Å²) in [6.07, 6.45) is 1.61. The number of carbonyl (C=O) groups excluding carboxylic acids is 1. The van der Waals surface area contributed by atoms with E-state index in [1.54, 1.807) is 27.9 Å². The number of halogens is 1. The van der Waals surface area contributed by atoms with Gasteiger partial charge in [0.1, 0.15) is 17.4 Å². The highest BCUT2D eigenvalue weighted by Crippen LogP contribution is 2.26. The molecule has 2 atom stereocenters. The first-order valence-electron chi connectivity index (χ1n) is 7.30. The Morgan fingerprint density at radius 1 is 1.35 bits per heavy atom. The van der Waals surface area contributed by atoms with E-state index in [1.807, 2.05) is 6.92 Å². The highest BCUT2D eigenvalue weighted by atomic mass is 79.9. The predicted molar refractivity (Wildman–Crippen MR) is 90.9 cm³/mol. The van der Waals surface area contributed by atoms with Crippen LogP contribution in [0.3, 0.4) is 0 Å². The standard InChI is InChI=1S/C16H24BrNO5/c1-10(21-5)7-12(15(20)23-16(2,3)4)18-9-13(22-6)11(17)8-14(18)19/h8-10,12H,7H2,1-6H3/t10-,12?/m0/s1. The lowest BCUT2D eigenvalue weighted by Crippen LogP contribution is -2.36. The van der Waals surface area contributed by atoms with Gasteiger partial charge >= 0.3 is 5.97 Å². The van der Waals surface area contributed by atoms with Crippen molar-refractivity contribution in [1.82, 2.24) is 4.57 Å². The van der Waals surface area contributed by atoms with Crippen LogP contribution in [0.1, 0.15) is 40.2 Å². The third-order valence-electron chi connectivity index (χ3n) is 3.19. The third-order valence-corrected chi connectivity index (χ3v) is 3.81. The van der Waals surface area contributed by atoms with Crippen molar-refractivity contribution in [3.05, 3.63) is 27.1 Å². The number of nitrogens with zero attached hydrogens (tertiary/aromatic N) is 1. The lowest BCUT2D eigenvalue weighted by atomic mass is 10.1. The molecular formula is C16H24BrNO5. The molecule has 0 saturated carbocycles. The van der Waals surface area contributed by atoms with Crippen molar-refractivity contribution in [3.8, 4) is 5.75 Å². The Labute approximate surface area is 144 Å². The number of ether oxygens (including phenoxy) is 3. The van der Waals surface area contributed by atoms with Crippen molar-refractivity contribution in [2.45, 2.75) is 51.9 Å². The fraction of sp³-hybridized carbons (Fsp3) is 0.625. The van der Waals surface area contributed by atoms with Crippen LogP contribution in [0.2, 0.25) is 0 Å². The lowest BCUT2D eigenvalue weighted by Gasteiger charge is -2.26. The normalized spacial score (nSPS) is 14.2. The van der Waals surface area contributed by atoms with Gasteiger partial charge in [-0.15, -0.1) is 0 Å². The molecule has 0 saturated heterocycles. The molecule has 0 aliphatic heterocycles. The second-order valence-electron chi connectivity index (χ2n) is 6.27. The summed E-state index contributed by atoms with van der Waals surface area (Å²) in [7, 11) is 3.05. The van der Waals surface area contributed by atoms with Crippen LogP contribution in [0.5, 0.6) is 5.75 Å². The first-order chi connectivity index (χ1) is 10.6. The van der Waals surface area contributed by atoms with Gasteiger partial charge in [-0.25, -0.2) is 4.79 Å². The molecule has 1 aromatic heterocycles. The van der Waals surface area contributed by atoms with Crippen molar-refractivity contribution in [2.75, 3.05) is 14.2 Å². The van der Waals surface area contributed by atoms with Crippen LogP contribution in [-0.4, -0.2) is 36.5 Å². The second-order valence-corrected chi connectivity index (χ2v) is 7.12. The molecule has 1 rings (SSSR count). The molecule has 1 aromatic rings. The molecule has 0 radical (unpaired) electrons. The second kappa shape index (κ2) is 7.97. The minimum Gasteiger partial charge on any atom is -0.494 e. The van der Waals surface area contributed by atoms with E-state index in [-0.39, 0.29) is 11.7 Å². The van der Waals surface area contributed by atoms with Gasteiger partial charge in [0.15, 0.2) is 0 Å². The van der Waals surface area contributed by atoms with E-state index in [2.05, 4.69) is 15.9 Å². The maximum Gasteiger partial charge on any atom is 0.329 e. The number of rotatable bonds is 6. The van der Waals surface area contributed by atoms with E-state index >= 15 is 0 Å². The number of aromatic nitrogens is 1. The molecule has 0 N–H and O–H groups in total. The quantitative estimate of drug-likeness (QED) is 0.699. The summed E-state index contributed by atoms with van der Waals surface area (Å²) < 4.78 is 17.8. The van der Waals surface area contributed by atoms with Crippen molar-refractivity contribution in [2.24, 2.45) is 0 Å². The topological polar surface area (TPSA) is 66.8 Å². The summed E-state index contributed by atoms with van der Waals surface area (Å²) in [6.45, 7) is 7.18. The zero-order valence-corrected chi connectivity index (χ0v) is 16.0. The van der Waals surface area contributed by atoms with Gasteiger partial charge in [-0.05, 0) is 43.6 Å². The Bertz CT molecular complexity index is 605. The van der Waals surface area contributed by atoms with Gasteiger partial charge in [-0.1, -0.05) is 0 Å². The summed E-state index contributed by atoms with van der Waals surface area (Å²) >= 11 is 3.26. The maximum atomic E-state index is 12.6. The monoisotopic (exact) mass is 389 g/mol. The summed E-state index contributed by atoms with van der Waals surface area (Å²) in [5, 5.41) is 0. The largest absolute Gasteiger partial charge is 0.494 e. The SMILES string of the molecule is COc1cn(C(C[C@H](C)OC)C(=O)OC(C)(C)C)c(=O)cc1Br. The van der Waals surface area contributed by atoms with E-state index in [4.69, 9.17) is 14.2 Å². The Balaban J connectivity index is 3.29. The number of hydrogen-bond donors (Lipinski definition) is 0. The number of hydrogen-bond acceptors (Lipinski definition) is 5. The molecule has 23 heavy (non-hydrogen) atoms. The van der Waals surface area contributed by atoms with E-state index in [1.165, 1.54) is 23.9 Å². The molecule has 0 bridgehead atoms. The van der Waals surface area contributed by atoms with Crippen molar-refractivity contribution in [1.29, 1.82) is 0 Å². The van der Waals surface area contributed by atoms with Crippen LogP contribution < -0.4 is 10.3 Å². The lowest BCUT2D eigenvalue weighted by molar-refractivity contribution is -0.160. The molecule has 0 amide bonds. The number of carbonyl (C=O) groups is 1. The third kappa shape index (κ3) is 5.66. The fourth-order valence-corrected chi connectivity index (χ4v) is 2.46. The molecule has 1 unspecified atom stereocenters. The van der Waals surface area contributed by atoms with Crippen LogP contribution in [0.15, 0.2) is 21.5 Å². The predicted octanol–water partition coefficient (Wildman–Crippen LogP) is 2.93. The molecule has 6 nitrogen and oxygen atoms in total. The summed E-state index contributed by atoms with van der Waals surface area (Å²) in [4.78, 5) is 24.9. The van der Waals surface area contributed by atoms with Gasteiger partial charge in [-0.2, -0.15) is 0 Å². The Morgan fingerprint density at radius 3 is 2.43 bits per heavy atom. The van der Waals surface area contributed by atoms with Gasteiger partial charge in [0, 0.05) is 19.6 Å². The minimum absolute atomic E-state index is 0.214. The molecule has 0 aliphatic carbocycles. The molecule has 0 aromatic carbocycles. The summed E-state index contributed by atoms with van der Waals surface area (Å²) in [5.41, 5.74) is -0.967. The molecule has 0 spiro atoms. The highest BCUT2D eigenvalue weighted by molar-refractivity contribution is 9.10. The zero-order chi connectivity index (χ0) is 17.8. The number of methoxy groups -OCH3 is 2. The van der Waals surface area contributed by atoms with Crippen LogP contribution in [0.25, 0.3) is 0 Å². The molecule has 0 aliphatic rings. The average molecular weight is 390 g/mol. The summed E-state index contributed by atoms with van der Waals surface area (Å²) in [5.74, 6) is -0.0175. The van der Waals surface area contributed by atoms with Crippen molar-refractivity contribution >= 4 is 21.9 Å². The fourth-order valence-electron chi connectivity index (χ4n) is 2.00. The summed E-state index contributed by atoms with van der Waals surface area (Å²) in [6, 6.07) is 0.576. The molecular weight excluding hydrogens is 366 g/mol. The van der Waals surface area contributed by atoms with Crippen LogP contribution >= 0.6 is 15.9 Å². The number of pyridine rings is 1. The molecule has 0 fully saturated rings. The number of esters is 1. The van der Waals surface area contributed by atoms with E-state index in [0.717, 1.165) is 0 Å². The first kappa shape index (κ1) is 19.7. The van der Waals surface area contributed by atoms with Gasteiger partial charge in [0.2, 0.25) is 0 Å². The molecule has 130 valence electrons. The average Bonchev–Trinajstić information content (AvgIpc) is 2.43. The van der Waals surface area contributed by atoms with Gasteiger partial charge < -0.3 is 14.2 Å². The van der Waals surface area contributed by atoms with Crippen LogP contribution in [0, 0.1) is 0 Å². The van der Waals surface area contributed by atoms with Crippen molar-refractivity contribution in [3.63, 3.8) is 0 Å². The minimum atomic E-state index is -0.793. The Kier molecular flexibility index (Phi) is 6.83. The smallest absolute Gasteiger partial charge is 0.329 e. The van der Waals surface area contributed by atoms with E-state index < -0.39 is 17.6 Å². The van der Waals surface area contributed by atoms with Crippen LogP contribution in [0.4, 0.5) is 0 Å². The molecule has 7 heteroatoms. The first-order valence-corrected chi connectivity index (χ1v) is 8.09. The van der Waals surface area contributed by atoms with Crippen molar-refractivity contribution < 1.29 is 19.0 Å². The zero-order valence-electron chi connectivity index (χ0n) is 14.4. The Morgan fingerprint density at radius 2 is 1.96 bits per heavy atom.